The van der Waals surface area contributed by atoms with Gasteiger partial charge in [0.15, 0.2) is 17.3 Å². The van der Waals surface area contributed by atoms with Crippen molar-refractivity contribution in [3.63, 3.8) is 0 Å². The highest BCUT2D eigenvalue weighted by molar-refractivity contribution is 5.96. The van der Waals surface area contributed by atoms with Gasteiger partial charge in [0.2, 0.25) is 11.5 Å². The molecule has 1 amide bonds. The van der Waals surface area contributed by atoms with Crippen LogP contribution in [0.5, 0.6) is 17.2 Å². The Morgan fingerprint density at radius 2 is 1.70 bits per heavy atom. The average Bonchev–Trinajstić information content (AvgIpc) is 4.00. The number of furan rings is 1. The average molecular weight is 737 g/mol. The van der Waals surface area contributed by atoms with Crippen LogP contribution in [-0.2, 0) is 23.3 Å². The zero-order valence-corrected chi connectivity index (χ0v) is 31.9. The van der Waals surface area contributed by atoms with Crippen molar-refractivity contribution in [2.75, 3.05) is 60.7 Å². The van der Waals surface area contributed by atoms with Crippen molar-refractivity contribution in [2.24, 2.45) is 5.92 Å². The normalized spacial score (nSPS) is 18.2. The lowest BCUT2D eigenvalue weighted by molar-refractivity contribution is 0.0777. The molecular formula is C43H52N4O7. The highest BCUT2D eigenvalue weighted by Gasteiger charge is 2.42. The Balaban J connectivity index is 1.09. The fourth-order valence-corrected chi connectivity index (χ4v) is 7.72. The summed E-state index contributed by atoms with van der Waals surface area (Å²) in [5.74, 6) is 2.55. The molecule has 1 atom stereocenters. The van der Waals surface area contributed by atoms with E-state index in [-0.39, 0.29) is 23.0 Å². The maximum absolute atomic E-state index is 14.0. The van der Waals surface area contributed by atoms with Crippen LogP contribution in [0.2, 0.25) is 0 Å². The van der Waals surface area contributed by atoms with Crippen LogP contribution in [0.25, 0.3) is 6.08 Å². The van der Waals surface area contributed by atoms with E-state index < -0.39 is 0 Å². The number of carbonyl (C=O) groups excluding carboxylic acids is 2. The number of piperidine rings is 1. The van der Waals surface area contributed by atoms with Crippen molar-refractivity contribution >= 4 is 17.8 Å². The molecule has 0 saturated carbocycles. The van der Waals surface area contributed by atoms with Crippen molar-refractivity contribution in [3.05, 3.63) is 114 Å². The Morgan fingerprint density at radius 3 is 2.37 bits per heavy atom. The third-order valence-corrected chi connectivity index (χ3v) is 10.8. The lowest BCUT2D eigenvalue weighted by Crippen LogP contribution is -2.41. The van der Waals surface area contributed by atoms with E-state index in [2.05, 4.69) is 34.1 Å². The van der Waals surface area contributed by atoms with Gasteiger partial charge in [-0.2, -0.15) is 0 Å². The summed E-state index contributed by atoms with van der Waals surface area (Å²) in [7, 11) is 4.66. The van der Waals surface area contributed by atoms with Gasteiger partial charge in [0.25, 0.3) is 5.91 Å². The van der Waals surface area contributed by atoms with Gasteiger partial charge in [0, 0.05) is 36.5 Å². The van der Waals surface area contributed by atoms with Crippen molar-refractivity contribution in [1.82, 2.24) is 19.4 Å². The van der Waals surface area contributed by atoms with E-state index in [0.717, 1.165) is 56.8 Å². The maximum atomic E-state index is 14.0. The van der Waals surface area contributed by atoms with Crippen molar-refractivity contribution in [2.45, 2.75) is 51.2 Å². The summed E-state index contributed by atoms with van der Waals surface area (Å²) in [6, 6.07) is 17.7. The third kappa shape index (κ3) is 8.80. The molecule has 6 rings (SSSR count). The number of benzene rings is 2. The first-order valence-corrected chi connectivity index (χ1v) is 18.8. The van der Waals surface area contributed by atoms with Gasteiger partial charge in [0.05, 0.1) is 46.1 Å². The third-order valence-electron chi connectivity index (χ3n) is 10.8. The lowest BCUT2D eigenvalue weighted by atomic mass is 9.76. The summed E-state index contributed by atoms with van der Waals surface area (Å²) in [6.07, 6.45) is 14.6. The van der Waals surface area contributed by atoms with Crippen LogP contribution in [0.3, 0.4) is 0 Å². The van der Waals surface area contributed by atoms with Crippen LogP contribution in [0, 0.1) is 5.92 Å². The predicted octanol–water partition coefficient (Wildman–Crippen LogP) is 7.08. The number of rotatable bonds is 17. The maximum Gasteiger partial charge on any atom is 0.254 e. The van der Waals surface area contributed by atoms with Gasteiger partial charge in [0.1, 0.15) is 12.4 Å². The van der Waals surface area contributed by atoms with Crippen LogP contribution in [0.1, 0.15) is 70.6 Å². The Kier molecular flexibility index (Phi) is 13.1. The molecule has 4 heterocycles. The highest BCUT2D eigenvalue weighted by Crippen LogP contribution is 2.41. The van der Waals surface area contributed by atoms with Gasteiger partial charge in [-0.05, 0) is 88.1 Å². The molecule has 2 aliphatic heterocycles. The van der Waals surface area contributed by atoms with E-state index in [9.17, 15) is 9.59 Å². The standard InChI is InChI=1S/C43H52N4O7/c1-5-6-8-14-35-29-44-41(47(35)24-26-53-30-36-15-11-25-54-36)39(48)32-16-20-45(21-17-32)22-18-43(34-12-9-7-10-13-34)19-23-46(31-43)42(49)33-27-37(50-2)40(52-4)38(28-33)51-3/h5-15,25,27-29,32H,16-24,26,30-31H2,1-4H3/b6-5+,14-8+. The second-order valence-electron chi connectivity index (χ2n) is 13.9. The molecule has 4 aromatic rings. The molecule has 2 fully saturated rings. The molecule has 11 nitrogen and oxygen atoms in total. The quantitative estimate of drug-likeness (QED) is 0.0639. The monoisotopic (exact) mass is 736 g/mol. The van der Waals surface area contributed by atoms with Crippen LogP contribution >= 0.6 is 0 Å². The molecule has 1 unspecified atom stereocenters. The number of imidazole rings is 1. The number of allylic oxidation sites excluding steroid dienone is 3. The minimum absolute atomic E-state index is 0.0608. The fourth-order valence-electron chi connectivity index (χ4n) is 7.72. The SMILES string of the molecule is C/C=C/C=C/c1cnc(C(=O)C2CCN(CCC3(c4ccccc4)CCN(C(=O)c4cc(OC)c(OC)c(OC)c4)C3)CC2)n1CCOCc1ccco1. The number of likely N-dealkylation sites (tertiary alicyclic amines) is 2. The molecule has 0 radical (unpaired) electrons. The number of hydrogen-bond acceptors (Lipinski definition) is 9. The molecule has 0 aliphatic carbocycles. The summed E-state index contributed by atoms with van der Waals surface area (Å²) in [4.78, 5) is 37.0. The number of nitrogens with zero attached hydrogens (tertiary/aromatic N) is 4. The Bertz CT molecular complexity index is 1870. The van der Waals surface area contributed by atoms with Gasteiger partial charge in [-0.15, -0.1) is 0 Å². The number of hydrogen-bond donors (Lipinski definition) is 0. The zero-order chi connectivity index (χ0) is 37.9. The molecule has 2 aromatic carbocycles. The number of carbonyl (C=O) groups is 2. The minimum atomic E-state index is -0.190. The second kappa shape index (κ2) is 18.3. The molecular weight excluding hydrogens is 684 g/mol. The smallest absolute Gasteiger partial charge is 0.254 e. The van der Waals surface area contributed by atoms with Crippen molar-refractivity contribution in [3.8, 4) is 17.2 Å². The summed E-state index contributed by atoms with van der Waals surface area (Å²) in [6.45, 7) is 7.08. The number of methoxy groups -OCH3 is 3. The van der Waals surface area contributed by atoms with Crippen LogP contribution < -0.4 is 14.2 Å². The Morgan fingerprint density at radius 1 is 0.944 bits per heavy atom. The number of amides is 1. The lowest BCUT2D eigenvalue weighted by Gasteiger charge is -2.36. The van der Waals surface area contributed by atoms with Gasteiger partial charge in [-0.3, -0.25) is 9.59 Å². The summed E-state index contributed by atoms with van der Waals surface area (Å²) < 4.78 is 29.8. The van der Waals surface area contributed by atoms with E-state index in [1.54, 1.807) is 45.9 Å². The molecule has 0 spiro atoms. The zero-order valence-electron chi connectivity index (χ0n) is 31.9. The Hall–Kier alpha value is -5.13. The molecule has 2 saturated heterocycles. The highest BCUT2D eigenvalue weighted by atomic mass is 16.5. The van der Waals surface area contributed by atoms with Crippen molar-refractivity contribution in [1.29, 1.82) is 0 Å². The van der Waals surface area contributed by atoms with Gasteiger partial charge in [-0.1, -0.05) is 48.6 Å². The van der Waals surface area contributed by atoms with Crippen LogP contribution in [0.15, 0.2) is 89.7 Å². The molecule has 54 heavy (non-hydrogen) atoms. The predicted molar refractivity (Wildman–Crippen MR) is 207 cm³/mol. The van der Waals surface area contributed by atoms with Crippen LogP contribution in [-0.4, -0.2) is 91.7 Å². The van der Waals surface area contributed by atoms with Gasteiger partial charge in [-0.25, -0.2) is 4.98 Å². The van der Waals surface area contributed by atoms with E-state index in [1.165, 1.54) is 5.56 Å². The first-order chi connectivity index (χ1) is 26.4. The first-order valence-electron chi connectivity index (χ1n) is 18.8. The van der Waals surface area contributed by atoms with Gasteiger partial charge >= 0.3 is 0 Å². The van der Waals surface area contributed by atoms with Gasteiger partial charge < -0.3 is 37.7 Å². The fraction of sp³-hybridized carbons (Fsp3) is 0.419. The topological polar surface area (TPSA) is 109 Å². The molecule has 0 N–H and O–H groups in total. The van der Waals surface area contributed by atoms with E-state index in [4.69, 9.17) is 23.4 Å². The largest absolute Gasteiger partial charge is 0.493 e. The number of Topliss-reactive ketones (excluding diaryl/α,β-unsaturated/α-hetero) is 1. The van der Waals surface area contributed by atoms with E-state index >= 15 is 0 Å². The molecule has 0 bridgehead atoms. The summed E-state index contributed by atoms with van der Waals surface area (Å²) in [5, 5.41) is 0. The van der Waals surface area contributed by atoms with E-state index in [1.807, 2.05) is 58.9 Å². The Labute approximate surface area is 318 Å². The molecule has 2 aliphatic rings. The van der Waals surface area contributed by atoms with E-state index in [0.29, 0.717) is 61.5 Å². The van der Waals surface area contributed by atoms with Crippen LogP contribution in [0.4, 0.5) is 0 Å². The molecule has 286 valence electrons. The molecule has 2 aromatic heterocycles. The number of aromatic nitrogens is 2. The summed E-state index contributed by atoms with van der Waals surface area (Å²) >= 11 is 0. The molecule has 11 heteroatoms. The number of ether oxygens (including phenoxy) is 4. The second-order valence-corrected chi connectivity index (χ2v) is 13.9. The number of ketones is 1. The minimum Gasteiger partial charge on any atom is -0.493 e. The first kappa shape index (κ1) is 38.6. The summed E-state index contributed by atoms with van der Waals surface area (Å²) in [5.41, 5.74) is 2.43. The van der Waals surface area contributed by atoms with Crippen molar-refractivity contribution < 1.29 is 33.0 Å².